The van der Waals surface area contributed by atoms with Crippen LogP contribution < -0.4 is 9.88 Å². The van der Waals surface area contributed by atoms with Gasteiger partial charge in [-0.15, -0.1) is 0 Å². The SMILES string of the molecule is CCc1cc[n+]([C@@H](C)C(=O)Nc2ccc(F)cc2)cc1. The van der Waals surface area contributed by atoms with Crippen LogP contribution in [-0.2, 0) is 11.2 Å². The predicted molar refractivity (Wildman–Crippen MR) is 75.8 cm³/mol. The summed E-state index contributed by atoms with van der Waals surface area (Å²) in [5, 5.41) is 2.77. The second-order valence-electron chi connectivity index (χ2n) is 4.68. The molecule has 2 rings (SSSR count). The van der Waals surface area contributed by atoms with Gasteiger partial charge in [0.05, 0.1) is 0 Å². The average Bonchev–Trinajstić information content (AvgIpc) is 2.49. The summed E-state index contributed by atoms with van der Waals surface area (Å²) >= 11 is 0. The van der Waals surface area contributed by atoms with Crippen LogP contribution in [0, 0.1) is 5.82 Å². The molecule has 104 valence electrons. The van der Waals surface area contributed by atoms with E-state index >= 15 is 0 Å². The van der Waals surface area contributed by atoms with E-state index in [0.717, 1.165) is 6.42 Å². The van der Waals surface area contributed by atoms with Crippen molar-refractivity contribution in [2.45, 2.75) is 26.3 Å². The first-order valence-electron chi connectivity index (χ1n) is 6.66. The van der Waals surface area contributed by atoms with Crippen LogP contribution in [0.4, 0.5) is 10.1 Å². The maximum absolute atomic E-state index is 12.8. The van der Waals surface area contributed by atoms with E-state index in [1.165, 1.54) is 17.7 Å². The van der Waals surface area contributed by atoms with Gasteiger partial charge >= 0.3 is 0 Å². The van der Waals surface area contributed by atoms with Crippen molar-refractivity contribution >= 4 is 11.6 Å². The molecule has 3 nitrogen and oxygen atoms in total. The van der Waals surface area contributed by atoms with Crippen molar-refractivity contribution in [3.05, 3.63) is 60.2 Å². The maximum atomic E-state index is 12.8. The fourth-order valence-electron chi connectivity index (χ4n) is 1.88. The van der Waals surface area contributed by atoms with Crippen molar-refractivity contribution in [3.8, 4) is 0 Å². The Labute approximate surface area is 118 Å². The van der Waals surface area contributed by atoms with Crippen LogP contribution in [0.5, 0.6) is 0 Å². The van der Waals surface area contributed by atoms with Crippen molar-refractivity contribution in [1.82, 2.24) is 0 Å². The monoisotopic (exact) mass is 273 g/mol. The lowest BCUT2D eigenvalue weighted by molar-refractivity contribution is -0.705. The third-order valence-electron chi connectivity index (χ3n) is 3.27. The first kappa shape index (κ1) is 14.2. The van der Waals surface area contributed by atoms with Crippen LogP contribution in [0.2, 0.25) is 0 Å². The van der Waals surface area contributed by atoms with Crippen LogP contribution in [0.15, 0.2) is 48.8 Å². The Kier molecular flexibility index (Phi) is 4.45. The Hall–Kier alpha value is -2.23. The number of rotatable bonds is 4. The molecule has 1 aromatic carbocycles. The van der Waals surface area contributed by atoms with Crippen LogP contribution in [0.1, 0.15) is 25.5 Å². The number of amides is 1. The molecule has 0 fully saturated rings. The van der Waals surface area contributed by atoms with Crippen LogP contribution in [-0.4, -0.2) is 5.91 Å². The molecular formula is C16H18FN2O+. The summed E-state index contributed by atoms with van der Waals surface area (Å²) < 4.78 is 14.6. The van der Waals surface area contributed by atoms with E-state index in [-0.39, 0.29) is 17.8 Å². The van der Waals surface area contributed by atoms with Gasteiger partial charge in [-0.2, -0.15) is 4.57 Å². The Morgan fingerprint density at radius 2 is 1.80 bits per heavy atom. The lowest BCUT2D eigenvalue weighted by Crippen LogP contribution is -2.44. The largest absolute Gasteiger partial charge is 0.320 e. The third-order valence-corrected chi connectivity index (χ3v) is 3.27. The number of hydrogen-bond donors (Lipinski definition) is 1. The minimum atomic E-state index is -0.328. The van der Waals surface area contributed by atoms with Crippen molar-refractivity contribution in [2.75, 3.05) is 5.32 Å². The standard InChI is InChI=1S/C16H17FN2O/c1-3-13-8-10-19(11-9-13)12(2)16(20)18-15-6-4-14(17)5-7-15/h4-12H,3H2,1-2H3/p+1/t12-/m0/s1. The summed E-state index contributed by atoms with van der Waals surface area (Å²) in [6.07, 6.45) is 4.76. The van der Waals surface area contributed by atoms with Gasteiger partial charge in [0.15, 0.2) is 12.4 Å². The number of aromatic nitrogens is 1. The molecule has 0 aliphatic rings. The van der Waals surface area contributed by atoms with Gasteiger partial charge in [0.1, 0.15) is 5.82 Å². The van der Waals surface area contributed by atoms with E-state index < -0.39 is 0 Å². The number of carbonyl (C=O) groups is 1. The van der Waals surface area contributed by atoms with E-state index in [0.29, 0.717) is 5.69 Å². The highest BCUT2D eigenvalue weighted by atomic mass is 19.1. The highest BCUT2D eigenvalue weighted by Crippen LogP contribution is 2.10. The zero-order valence-electron chi connectivity index (χ0n) is 11.6. The number of hydrogen-bond acceptors (Lipinski definition) is 1. The zero-order valence-corrected chi connectivity index (χ0v) is 11.6. The highest BCUT2D eigenvalue weighted by Gasteiger charge is 2.21. The zero-order chi connectivity index (χ0) is 14.5. The topological polar surface area (TPSA) is 33.0 Å². The number of aryl methyl sites for hydroxylation is 1. The molecule has 0 saturated carbocycles. The first-order chi connectivity index (χ1) is 9.60. The molecule has 2 aromatic rings. The molecule has 1 N–H and O–H groups in total. The van der Waals surface area contributed by atoms with E-state index in [1.54, 1.807) is 12.1 Å². The van der Waals surface area contributed by atoms with Crippen molar-refractivity contribution in [2.24, 2.45) is 0 Å². The predicted octanol–water partition coefficient (Wildman–Crippen LogP) is 2.88. The van der Waals surface area contributed by atoms with Gasteiger partial charge in [-0.1, -0.05) is 6.92 Å². The fraction of sp³-hybridized carbons (Fsp3) is 0.250. The lowest BCUT2D eigenvalue weighted by Gasteiger charge is -2.09. The number of benzene rings is 1. The molecule has 0 aliphatic heterocycles. The van der Waals surface area contributed by atoms with Crippen molar-refractivity contribution in [3.63, 3.8) is 0 Å². The summed E-state index contributed by atoms with van der Waals surface area (Å²) in [6.45, 7) is 3.91. The lowest BCUT2D eigenvalue weighted by atomic mass is 10.2. The molecule has 0 unspecified atom stereocenters. The van der Waals surface area contributed by atoms with Gasteiger partial charge in [-0.25, -0.2) is 4.39 Å². The summed E-state index contributed by atoms with van der Waals surface area (Å²) in [6, 6.07) is 9.41. The molecule has 0 aliphatic carbocycles. The number of nitrogens with one attached hydrogen (secondary N) is 1. The molecule has 20 heavy (non-hydrogen) atoms. The Morgan fingerprint density at radius 3 is 2.35 bits per heavy atom. The number of anilines is 1. The van der Waals surface area contributed by atoms with Crippen LogP contribution >= 0.6 is 0 Å². The smallest absolute Gasteiger partial charge is 0.293 e. The maximum Gasteiger partial charge on any atom is 0.293 e. The molecule has 0 bridgehead atoms. The van der Waals surface area contributed by atoms with Gasteiger partial charge in [0.2, 0.25) is 6.04 Å². The number of nitrogens with zero attached hydrogens (tertiary/aromatic N) is 1. The second kappa shape index (κ2) is 6.28. The molecule has 1 aromatic heterocycles. The summed E-state index contributed by atoms with van der Waals surface area (Å²) in [7, 11) is 0. The molecule has 0 radical (unpaired) electrons. The van der Waals surface area contributed by atoms with Gasteiger partial charge in [0.25, 0.3) is 5.91 Å². The van der Waals surface area contributed by atoms with Gasteiger partial charge in [-0.3, -0.25) is 4.79 Å². The number of pyridine rings is 1. The Balaban J connectivity index is 2.05. The molecule has 1 atom stereocenters. The first-order valence-corrected chi connectivity index (χ1v) is 6.66. The quantitative estimate of drug-likeness (QED) is 0.854. The Bertz CT molecular complexity index is 578. The second-order valence-corrected chi connectivity index (χ2v) is 4.68. The fourth-order valence-corrected chi connectivity index (χ4v) is 1.88. The van der Waals surface area contributed by atoms with Gasteiger partial charge < -0.3 is 5.32 Å². The van der Waals surface area contributed by atoms with E-state index in [4.69, 9.17) is 0 Å². The molecule has 1 heterocycles. The molecule has 4 heteroatoms. The van der Waals surface area contributed by atoms with E-state index in [1.807, 2.05) is 36.0 Å². The Morgan fingerprint density at radius 1 is 1.20 bits per heavy atom. The summed E-state index contributed by atoms with van der Waals surface area (Å²) in [5.74, 6) is -0.452. The van der Waals surface area contributed by atoms with Gasteiger partial charge in [-0.05, 0) is 36.2 Å². The third kappa shape index (κ3) is 3.41. The van der Waals surface area contributed by atoms with Crippen LogP contribution in [0.25, 0.3) is 0 Å². The van der Waals surface area contributed by atoms with Gasteiger partial charge in [0, 0.05) is 24.7 Å². The summed E-state index contributed by atoms with van der Waals surface area (Å²) in [4.78, 5) is 12.1. The molecular weight excluding hydrogens is 255 g/mol. The minimum absolute atomic E-state index is 0.133. The number of carbonyl (C=O) groups excluding carboxylic acids is 1. The van der Waals surface area contributed by atoms with E-state index in [9.17, 15) is 9.18 Å². The average molecular weight is 273 g/mol. The normalized spacial score (nSPS) is 11.9. The molecule has 1 amide bonds. The number of halogens is 1. The van der Waals surface area contributed by atoms with Crippen molar-refractivity contribution in [1.29, 1.82) is 0 Å². The minimum Gasteiger partial charge on any atom is -0.320 e. The van der Waals surface area contributed by atoms with E-state index in [2.05, 4.69) is 12.2 Å². The highest BCUT2D eigenvalue weighted by molar-refractivity contribution is 5.92. The molecule has 0 saturated heterocycles. The summed E-state index contributed by atoms with van der Waals surface area (Å²) in [5.41, 5.74) is 1.82. The van der Waals surface area contributed by atoms with Crippen LogP contribution in [0.3, 0.4) is 0 Å². The van der Waals surface area contributed by atoms with Crippen molar-refractivity contribution < 1.29 is 13.8 Å². The molecule has 0 spiro atoms.